The first kappa shape index (κ1) is 15.9. The Balaban J connectivity index is 2.54. The molecule has 1 amide bonds. The van der Waals surface area contributed by atoms with Crippen LogP contribution >= 0.6 is 0 Å². The fourth-order valence-electron chi connectivity index (χ4n) is 2.33. The average Bonchev–Trinajstić information content (AvgIpc) is 2.35. The van der Waals surface area contributed by atoms with Crippen molar-refractivity contribution in [2.75, 3.05) is 25.1 Å². The molecule has 0 bridgehead atoms. The molecule has 1 N–H and O–H groups in total. The van der Waals surface area contributed by atoms with Crippen LogP contribution in [0.25, 0.3) is 0 Å². The molecule has 6 nitrogen and oxygen atoms in total. The van der Waals surface area contributed by atoms with Crippen molar-refractivity contribution in [3.8, 4) is 0 Å². The molecule has 110 valence electrons. The van der Waals surface area contributed by atoms with Gasteiger partial charge in [-0.15, -0.1) is 0 Å². The molecule has 1 fully saturated rings. The SMILES string of the molecule is CCC1(C(=O)O)CCN(C(=O)CCS(C)(=O)=O)CC1. The third kappa shape index (κ3) is 4.19. The number of nitrogens with zero attached hydrogens (tertiary/aromatic N) is 1. The Morgan fingerprint density at radius 2 is 1.79 bits per heavy atom. The van der Waals surface area contributed by atoms with Crippen LogP contribution in [0.3, 0.4) is 0 Å². The van der Waals surface area contributed by atoms with Gasteiger partial charge in [0, 0.05) is 25.8 Å². The summed E-state index contributed by atoms with van der Waals surface area (Å²) in [5, 5.41) is 9.24. The Bertz CT molecular complexity index is 449. The highest BCUT2D eigenvalue weighted by atomic mass is 32.2. The van der Waals surface area contributed by atoms with Gasteiger partial charge in [-0.05, 0) is 19.3 Å². The van der Waals surface area contributed by atoms with E-state index in [1.165, 1.54) is 0 Å². The van der Waals surface area contributed by atoms with E-state index in [1.54, 1.807) is 4.90 Å². The van der Waals surface area contributed by atoms with E-state index in [4.69, 9.17) is 0 Å². The van der Waals surface area contributed by atoms with E-state index in [0.29, 0.717) is 32.4 Å². The van der Waals surface area contributed by atoms with Gasteiger partial charge in [0.1, 0.15) is 9.84 Å². The molecule has 0 saturated carbocycles. The van der Waals surface area contributed by atoms with Gasteiger partial charge in [-0.2, -0.15) is 0 Å². The number of hydrogen-bond acceptors (Lipinski definition) is 4. The molecule has 0 aromatic rings. The number of rotatable bonds is 5. The second-order valence-electron chi connectivity index (χ2n) is 5.20. The predicted octanol–water partition coefficient (Wildman–Crippen LogP) is 0.524. The summed E-state index contributed by atoms with van der Waals surface area (Å²) in [6, 6.07) is 0. The zero-order valence-corrected chi connectivity index (χ0v) is 12.2. The Hall–Kier alpha value is -1.11. The van der Waals surface area contributed by atoms with E-state index in [2.05, 4.69) is 0 Å². The van der Waals surface area contributed by atoms with Gasteiger partial charge in [-0.3, -0.25) is 9.59 Å². The highest BCUT2D eigenvalue weighted by molar-refractivity contribution is 7.90. The molecule has 1 aliphatic rings. The molecule has 0 unspecified atom stereocenters. The third-order valence-corrected chi connectivity index (χ3v) is 4.84. The largest absolute Gasteiger partial charge is 0.481 e. The summed E-state index contributed by atoms with van der Waals surface area (Å²) in [5.74, 6) is -1.17. The van der Waals surface area contributed by atoms with Crippen LogP contribution in [0.2, 0.25) is 0 Å². The van der Waals surface area contributed by atoms with Crippen LogP contribution in [-0.2, 0) is 19.4 Å². The Morgan fingerprint density at radius 3 is 2.16 bits per heavy atom. The molecular weight excluding hydrogens is 270 g/mol. The van der Waals surface area contributed by atoms with Gasteiger partial charge in [0.05, 0.1) is 11.2 Å². The van der Waals surface area contributed by atoms with E-state index in [1.807, 2.05) is 6.92 Å². The zero-order chi connectivity index (χ0) is 14.7. The Morgan fingerprint density at radius 1 is 1.26 bits per heavy atom. The van der Waals surface area contributed by atoms with Gasteiger partial charge in [-0.25, -0.2) is 8.42 Å². The molecule has 1 saturated heterocycles. The maximum atomic E-state index is 11.8. The Kier molecular flexibility index (Phi) is 4.95. The van der Waals surface area contributed by atoms with Gasteiger partial charge < -0.3 is 10.0 Å². The monoisotopic (exact) mass is 291 g/mol. The van der Waals surface area contributed by atoms with Crippen molar-refractivity contribution in [3.63, 3.8) is 0 Å². The standard InChI is InChI=1S/C12H21NO5S/c1-3-12(11(15)16)5-7-13(8-6-12)10(14)4-9-19(2,17)18/h3-9H2,1-2H3,(H,15,16). The molecule has 1 heterocycles. The maximum absolute atomic E-state index is 11.8. The molecule has 19 heavy (non-hydrogen) atoms. The van der Waals surface area contributed by atoms with Crippen LogP contribution in [0.1, 0.15) is 32.6 Å². The lowest BCUT2D eigenvalue weighted by Gasteiger charge is -2.38. The van der Waals surface area contributed by atoms with Gasteiger partial charge in [-0.1, -0.05) is 6.92 Å². The predicted molar refractivity (Wildman–Crippen MR) is 70.5 cm³/mol. The lowest BCUT2D eigenvalue weighted by atomic mass is 9.76. The summed E-state index contributed by atoms with van der Waals surface area (Å²) in [5.41, 5.74) is -0.729. The molecule has 1 rings (SSSR count). The highest BCUT2D eigenvalue weighted by Crippen LogP contribution is 2.35. The van der Waals surface area contributed by atoms with E-state index in [-0.39, 0.29) is 18.1 Å². The van der Waals surface area contributed by atoms with Crippen LogP contribution in [0.5, 0.6) is 0 Å². The highest BCUT2D eigenvalue weighted by Gasteiger charge is 2.40. The quantitative estimate of drug-likeness (QED) is 0.797. The first-order chi connectivity index (χ1) is 8.70. The number of amides is 1. The third-order valence-electron chi connectivity index (χ3n) is 3.89. The number of aliphatic carboxylic acids is 1. The number of hydrogen-bond donors (Lipinski definition) is 1. The second-order valence-corrected chi connectivity index (χ2v) is 7.46. The minimum atomic E-state index is -3.14. The van der Waals surface area contributed by atoms with Crippen molar-refractivity contribution in [1.82, 2.24) is 4.90 Å². The minimum Gasteiger partial charge on any atom is -0.481 e. The molecular formula is C12H21NO5S. The summed E-state index contributed by atoms with van der Waals surface area (Å²) in [6.45, 7) is 2.63. The number of carboxylic acid groups (broad SMARTS) is 1. The topological polar surface area (TPSA) is 91.8 Å². The van der Waals surface area contributed by atoms with E-state index < -0.39 is 21.2 Å². The van der Waals surface area contributed by atoms with Crippen molar-refractivity contribution in [1.29, 1.82) is 0 Å². The second kappa shape index (κ2) is 5.90. The van der Waals surface area contributed by atoms with Crippen LogP contribution in [0, 0.1) is 5.41 Å². The summed E-state index contributed by atoms with van der Waals surface area (Å²) in [7, 11) is -3.14. The fraction of sp³-hybridized carbons (Fsp3) is 0.833. The van der Waals surface area contributed by atoms with Crippen LogP contribution in [0.15, 0.2) is 0 Å². The number of carbonyl (C=O) groups is 2. The maximum Gasteiger partial charge on any atom is 0.309 e. The molecule has 0 radical (unpaired) electrons. The molecule has 7 heteroatoms. The lowest BCUT2D eigenvalue weighted by Crippen LogP contribution is -2.46. The van der Waals surface area contributed by atoms with Gasteiger partial charge in [0.2, 0.25) is 5.91 Å². The summed E-state index contributed by atoms with van der Waals surface area (Å²) in [6.07, 6.45) is 2.49. The van der Waals surface area contributed by atoms with E-state index in [0.717, 1.165) is 6.26 Å². The summed E-state index contributed by atoms with van der Waals surface area (Å²) in [4.78, 5) is 24.7. The normalized spacial score (nSPS) is 19.2. The molecule has 0 atom stereocenters. The van der Waals surface area contributed by atoms with Crippen molar-refractivity contribution in [3.05, 3.63) is 0 Å². The number of carboxylic acids is 1. The van der Waals surface area contributed by atoms with E-state index >= 15 is 0 Å². The van der Waals surface area contributed by atoms with E-state index in [9.17, 15) is 23.1 Å². The summed E-state index contributed by atoms with van der Waals surface area (Å²) >= 11 is 0. The number of likely N-dealkylation sites (tertiary alicyclic amines) is 1. The molecule has 0 aliphatic carbocycles. The molecule has 0 aromatic carbocycles. The summed E-state index contributed by atoms with van der Waals surface area (Å²) < 4.78 is 22.0. The van der Waals surface area contributed by atoms with Crippen LogP contribution in [-0.4, -0.2) is 55.4 Å². The number of sulfone groups is 1. The van der Waals surface area contributed by atoms with Crippen molar-refractivity contribution in [2.24, 2.45) is 5.41 Å². The molecule has 0 spiro atoms. The number of carbonyl (C=O) groups excluding carboxylic acids is 1. The first-order valence-electron chi connectivity index (χ1n) is 6.39. The van der Waals surface area contributed by atoms with Crippen molar-refractivity contribution < 1.29 is 23.1 Å². The van der Waals surface area contributed by atoms with Crippen LogP contribution < -0.4 is 0 Å². The first-order valence-corrected chi connectivity index (χ1v) is 8.45. The minimum absolute atomic E-state index is 0.0228. The molecule has 1 aliphatic heterocycles. The smallest absolute Gasteiger partial charge is 0.309 e. The molecule has 0 aromatic heterocycles. The number of piperidine rings is 1. The van der Waals surface area contributed by atoms with Crippen LogP contribution in [0.4, 0.5) is 0 Å². The van der Waals surface area contributed by atoms with Crippen molar-refractivity contribution >= 4 is 21.7 Å². The van der Waals surface area contributed by atoms with Gasteiger partial charge >= 0.3 is 5.97 Å². The van der Waals surface area contributed by atoms with Crippen molar-refractivity contribution in [2.45, 2.75) is 32.6 Å². The Labute approximate surface area is 113 Å². The van der Waals surface area contributed by atoms with Gasteiger partial charge in [0.25, 0.3) is 0 Å². The fourth-order valence-corrected chi connectivity index (χ4v) is 2.88. The zero-order valence-electron chi connectivity index (χ0n) is 11.4. The van der Waals surface area contributed by atoms with Gasteiger partial charge in [0.15, 0.2) is 0 Å². The lowest BCUT2D eigenvalue weighted by molar-refractivity contribution is -0.154. The average molecular weight is 291 g/mol.